The fourth-order valence-corrected chi connectivity index (χ4v) is 2.77. The average Bonchev–Trinajstić information content (AvgIpc) is 2.17. The van der Waals surface area contributed by atoms with Gasteiger partial charge in [-0.15, -0.1) is 11.6 Å². The molecule has 5 heteroatoms. The van der Waals surface area contributed by atoms with Crippen molar-refractivity contribution >= 4 is 27.3 Å². The molecule has 1 atom stereocenters. The molecule has 1 N–H and O–H groups in total. The topological polar surface area (TPSA) is 46.2 Å². The Balaban J connectivity index is 2.97. The van der Waals surface area contributed by atoms with E-state index in [0.29, 0.717) is 12.1 Å². The van der Waals surface area contributed by atoms with Crippen molar-refractivity contribution in [1.29, 1.82) is 0 Å². The fraction of sp³-hybridized carbons (Fsp3) is 0.455. The van der Waals surface area contributed by atoms with Gasteiger partial charge in [0.2, 0.25) is 10.0 Å². The van der Waals surface area contributed by atoms with Crippen LogP contribution in [0.1, 0.15) is 31.2 Å². The number of hydrogen-bond donors (Lipinski definition) is 1. The van der Waals surface area contributed by atoms with Gasteiger partial charge in [0.15, 0.2) is 0 Å². The molecule has 0 bridgehead atoms. The Labute approximate surface area is 102 Å². The average molecular weight is 262 g/mol. The van der Waals surface area contributed by atoms with Gasteiger partial charge >= 0.3 is 0 Å². The second-order valence-corrected chi connectivity index (χ2v) is 6.12. The minimum absolute atomic E-state index is 0.123. The van der Waals surface area contributed by atoms with Crippen LogP contribution in [0.3, 0.4) is 0 Å². The Hall–Kier alpha value is -0.740. The highest BCUT2D eigenvalue weighted by molar-refractivity contribution is 7.92. The molecule has 0 saturated heterocycles. The number of alkyl halides is 1. The maximum atomic E-state index is 11.6. The monoisotopic (exact) mass is 261 g/mol. The number of para-hydroxylation sites is 1. The zero-order valence-electron chi connectivity index (χ0n) is 9.40. The van der Waals surface area contributed by atoms with Crippen LogP contribution in [0.5, 0.6) is 0 Å². The van der Waals surface area contributed by atoms with E-state index in [0.717, 1.165) is 5.56 Å². The Bertz CT molecular complexity index is 443. The van der Waals surface area contributed by atoms with E-state index >= 15 is 0 Å². The van der Waals surface area contributed by atoms with E-state index in [2.05, 4.69) is 4.72 Å². The van der Waals surface area contributed by atoms with Crippen molar-refractivity contribution in [1.82, 2.24) is 0 Å². The summed E-state index contributed by atoms with van der Waals surface area (Å²) in [5.74, 6) is 0.123. The van der Waals surface area contributed by atoms with E-state index in [-0.39, 0.29) is 11.1 Å². The number of hydrogen-bond acceptors (Lipinski definition) is 2. The Morgan fingerprint density at radius 3 is 2.56 bits per heavy atom. The maximum absolute atomic E-state index is 11.6. The molecule has 0 fully saturated rings. The molecule has 0 aliphatic heterocycles. The minimum Gasteiger partial charge on any atom is -0.283 e. The summed E-state index contributed by atoms with van der Waals surface area (Å²) in [5.41, 5.74) is 1.36. The van der Waals surface area contributed by atoms with Crippen molar-refractivity contribution in [2.24, 2.45) is 0 Å². The summed E-state index contributed by atoms with van der Waals surface area (Å²) in [6.07, 6.45) is 0.591. The minimum atomic E-state index is -3.25. The highest BCUT2D eigenvalue weighted by atomic mass is 35.5. The summed E-state index contributed by atoms with van der Waals surface area (Å²) in [4.78, 5) is 0. The Morgan fingerprint density at radius 1 is 1.38 bits per heavy atom. The van der Waals surface area contributed by atoms with Crippen LogP contribution in [-0.4, -0.2) is 14.2 Å². The van der Waals surface area contributed by atoms with Crippen LogP contribution in [0.25, 0.3) is 0 Å². The van der Waals surface area contributed by atoms with Gasteiger partial charge in [0.25, 0.3) is 0 Å². The van der Waals surface area contributed by atoms with Crippen LogP contribution < -0.4 is 4.72 Å². The van der Waals surface area contributed by atoms with Gasteiger partial charge in [-0.2, -0.15) is 0 Å². The van der Waals surface area contributed by atoms with E-state index in [4.69, 9.17) is 11.6 Å². The van der Waals surface area contributed by atoms with Crippen molar-refractivity contribution in [2.45, 2.75) is 25.6 Å². The summed E-state index contributed by atoms with van der Waals surface area (Å²) in [6, 6.07) is 7.17. The fourth-order valence-electron chi connectivity index (χ4n) is 1.42. The van der Waals surface area contributed by atoms with E-state index in [1.165, 1.54) is 0 Å². The number of rotatable bonds is 5. The van der Waals surface area contributed by atoms with Crippen LogP contribution >= 0.6 is 11.6 Å². The van der Waals surface area contributed by atoms with Crippen LogP contribution in [0, 0.1) is 0 Å². The molecule has 0 radical (unpaired) electrons. The molecule has 16 heavy (non-hydrogen) atoms. The molecular weight excluding hydrogens is 246 g/mol. The van der Waals surface area contributed by atoms with E-state index < -0.39 is 10.0 Å². The first-order valence-electron chi connectivity index (χ1n) is 5.19. The van der Waals surface area contributed by atoms with Crippen molar-refractivity contribution in [3.05, 3.63) is 29.8 Å². The lowest BCUT2D eigenvalue weighted by Crippen LogP contribution is -2.17. The largest absolute Gasteiger partial charge is 0.283 e. The molecule has 0 spiro atoms. The zero-order valence-corrected chi connectivity index (χ0v) is 11.0. The summed E-state index contributed by atoms with van der Waals surface area (Å²) < 4.78 is 25.8. The first-order valence-corrected chi connectivity index (χ1v) is 7.28. The molecule has 0 aliphatic carbocycles. The van der Waals surface area contributed by atoms with E-state index in [1.54, 1.807) is 12.1 Å². The second kappa shape index (κ2) is 5.55. The first kappa shape index (κ1) is 13.3. The predicted molar refractivity (Wildman–Crippen MR) is 68.4 cm³/mol. The second-order valence-electron chi connectivity index (χ2n) is 3.62. The summed E-state index contributed by atoms with van der Waals surface area (Å²) >= 11 is 5.98. The zero-order chi connectivity index (χ0) is 12.2. The Kier molecular flexibility index (Phi) is 4.62. The molecule has 90 valence electrons. The van der Waals surface area contributed by atoms with Crippen molar-refractivity contribution in [3.8, 4) is 0 Å². The lowest BCUT2D eigenvalue weighted by atomic mass is 10.1. The third-order valence-electron chi connectivity index (χ3n) is 2.13. The van der Waals surface area contributed by atoms with Crippen LogP contribution in [0.15, 0.2) is 24.3 Å². The van der Waals surface area contributed by atoms with Crippen LogP contribution in [0.2, 0.25) is 0 Å². The van der Waals surface area contributed by atoms with Crippen molar-refractivity contribution < 1.29 is 8.42 Å². The number of benzene rings is 1. The predicted octanol–water partition coefficient (Wildman–Crippen LogP) is 3.14. The molecule has 1 aromatic carbocycles. The number of nitrogens with one attached hydrogen (secondary N) is 1. The van der Waals surface area contributed by atoms with E-state index in [1.807, 2.05) is 26.0 Å². The summed E-state index contributed by atoms with van der Waals surface area (Å²) in [6.45, 7) is 3.64. The van der Waals surface area contributed by atoms with Crippen LogP contribution in [-0.2, 0) is 10.0 Å². The van der Waals surface area contributed by atoms with Gasteiger partial charge in [-0.1, -0.05) is 25.1 Å². The van der Waals surface area contributed by atoms with Gasteiger partial charge in [-0.25, -0.2) is 8.42 Å². The van der Waals surface area contributed by atoms with Crippen molar-refractivity contribution in [3.63, 3.8) is 0 Å². The van der Waals surface area contributed by atoms with E-state index in [9.17, 15) is 8.42 Å². The highest BCUT2D eigenvalue weighted by Gasteiger charge is 2.13. The van der Waals surface area contributed by atoms with Crippen molar-refractivity contribution in [2.75, 3.05) is 10.5 Å². The molecule has 1 unspecified atom stereocenters. The first-order chi connectivity index (χ1) is 7.46. The lowest BCUT2D eigenvalue weighted by molar-refractivity contribution is 0.600. The normalized spacial score (nSPS) is 13.4. The third kappa shape index (κ3) is 3.68. The standard InChI is InChI=1S/C11H16ClNO2S/c1-3-8-16(14,15)13-11-7-5-4-6-10(11)9(2)12/h4-7,9,13H,3,8H2,1-2H3. The molecule has 0 saturated carbocycles. The molecule has 1 aromatic rings. The van der Waals surface area contributed by atoms with Gasteiger partial charge in [0, 0.05) is 0 Å². The van der Waals surface area contributed by atoms with Gasteiger partial charge < -0.3 is 0 Å². The molecule has 1 rings (SSSR count). The van der Waals surface area contributed by atoms with Gasteiger partial charge in [0.1, 0.15) is 0 Å². The lowest BCUT2D eigenvalue weighted by Gasteiger charge is -2.13. The molecule has 0 heterocycles. The van der Waals surface area contributed by atoms with Gasteiger partial charge in [0.05, 0.1) is 16.8 Å². The number of halogens is 1. The Morgan fingerprint density at radius 2 is 2.00 bits per heavy atom. The molecule has 0 aliphatic rings. The third-order valence-corrected chi connectivity index (χ3v) is 3.84. The highest BCUT2D eigenvalue weighted by Crippen LogP contribution is 2.27. The maximum Gasteiger partial charge on any atom is 0.232 e. The summed E-state index contributed by atoms with van der Waals surface area (Å²) in [7, 11) is -3.25. The number of sulfonamides is 1. The molecule has 0 amide bonds. The smallest absolute Gasteiger partial charge is 0.232 e. The quantitative estimate of drug-likeness (QED) is 0.828. The van der Waals surface area contributed by atoms with Gasteiger partial charge in [-0.05, 0) is 25.0 Å². The molecule has 0 aromatic heterocycles. The van der Waals surface area contributed by atoms with Crippen LogP contribution in [0.4, 0.5) is 5.69 Å². The molecular formula is C11H16ClNO2S. The number of anilines is 1. The SMILES string of the molecule is CCCS(=O)(=O)Nc1ccccc1C(C)Cl. The van der Waals surface area contributed by atoms with Gasteiger partial charge in [-0.3, -0.25) is 4.72 Å². The molecule has 3 nitrogen and oxygen atoms in total. The summed E-state index contributed by atoms with van der Waals surface area (Å²) in [5, 5.41) is -0.222.